The van der Waals surface area contributed by atoms with Crippen molar-refractivity contribution < 1.29 is 22.7 Å². The minimum absolute atomic E-state index is 0.0706. The Morgan fingerprint density at radius 1 is 0.871 bits per heavy atom. The lowest BCUT2D eigenvalue weighted by atomic mass is 9.83. The van der Waals surface area contributed by atoms with Crippen molar-refractivity contribution in [3.8, 4) is 16.9 Å². The van der Waals surface area contributed by atoms with E-state index in [1.54, 1.807) is 37.3 Å². The Bertz CT molecular complexity index is 1100. The molecule has 0 heterocycles. The molecule has 1 aliphatic carbocycles. The molecule has 0 aromatic heterocycles. The number of aryl methyl sites for hydroxylation is 1. The molecule has 1 aliphatic rings. The first kappa shape index (κ1) is 21.2. The van der Waals surface area contributed by atoms with Gasteiger partial charge in [-0.3, -0.25) is 0 Å². The van der Waals surface area contributed by atoms with Crippen LogP contribution in [0, 0.1) is 24.4 Å². The molecule has 1 fully saturated rings. The lowest BCUT2D eigenvalue weighted by molar-refractivity contribution is 0.0730. The molecule has 2 nitrogen and oxygen atoms in total. The van der Waals surface area contributed by atoms with E-state index in [0.29, 0.717) is 16.7 Å². The maximum atomic E-state index is 14.8. The summed E-state index contributed by atoms with van der Waals surface area (Å²) in [7, 11) is 0. The molecule has 0 saturated heterocycles. The minimum Gasteiger partial charge on any atom is -0.423 e. The SMILES string of the molecule is Cc1ccc(C(=O)Oc2ccc(-c3ccc(C4CCCCC4)c(F)c3F)cc2)c(F)c1. The molecular formula is C26H23F3O2. The number of carbonyl (C=O) groups is 1. The Hall–Kier alpha value is -3.08. The molecule has 0 bridgehead atoms. The van der Waals surface area contributed by atoms with Gasteiger partial charge in [0.05, 0.1) is 5.56 Å². The zero-order valence-corrected chi connectivity index (χ0v) is 17.3. The van der Waals surface area contributed by atoms with E-state index in [4.69, 9.17) is 4.74 Å². The van der Waals surface area contributed by atoms with Gasteiger partial charge in [0.2, 0.25) is 0 Å². The summed E-state index contributed by atoms with van der Waals surface area (Å²) in [6.07, 6.45) is 5.00. The average Bonchev–Trinajstić information content (AvgIpc) is 2.77. The standard InChI is InChI=1S/C26H23F3O2/c1-16-7-12-22(23(27)15-16)26(30)31-19-10-8-18(9-11-19)21-14-13-20(24(28)25(21)29)17-5-3-2-4-6-17/h7-15,17H,2-6H2,1H3. The van der Waals surface area contributed by atoms with Crippen molar-refractivity contribution in [2.24, 2.45) is 0 Å². The summed E-state index contributed by atoms with van der Waals surface area (Å²) in [5.74, 6) is -2.87. The lowest BCUT2D eigenvalue weighted by Gasteiger charge is -2.23. The second-order valence-corrected chi connectivity index (χ2v) is 8.06. The third-order valence-electron chi connectivity index (χ3n) is 5.88. The fourth-order valence-electron chi connectivity index (χ4n) is 4.17. The van der Waals surface area contributed by atoms with Crippen LogP contribution in [0.4, 0.5) is 13.2 Å². The van der Waals surface area contributed by atoms with Gasteiger partial charge >= 0.3 is 5.97 Å². The Labute approximate surface area is 179 Å². The minimum atomic E-state index is -0.866. The summed E-state index contributed by atoms with van der Waals surface area (Å²) in [5.41, 5.74) is 1.60. The molecule has 0 aliphatic heterocycles. The molecule has 0 atom stereocenters. The maximum Gasteiger partial charge on any atom is 0.346 e. The van der Waals surface area contributed by atoms with Gasteiger partial charge in [0.1, 0.15) is 11.6 Å². The molecular weight excluding hydrogens is 401 g/mol. The quantitative estimate of drug-likeness (QED) is 0.323. The highest BCUT2D eigenvalue weighted by Gasteiger charge is 2.23. The highest BCUT2D eigenvalue weighted by Crippen LogP contribution is 2.37. The Kier molecular flexibility index (Phi) is 6.12. The predicted octanol–water partition coefficient (Wildman–Crippen LogP) is 7.35. The maximum absolute atomic E-state index is 14.8. The summed E-state index contributed by atoms with van der Waals surface area (Å²) in [6.45, 7) is 1.72. The van der Waals surface area contributed by atoms with Gasteiger partial charge in [-0.2, -0.15) is 0 Å². The topological polar surface area (TPSA) is 26.3 Å². The Morgan fingerprint density at radius 2 is 1.58 bits per heavy atom. The van der Waals surface area contributed by atoms with E-state index in [1.807, 2.05) is 0 Å². The van der Waals surface area contributed by atoms with E-state index >= 15 is 0 Å². The van der Waals surface area contributed by atoms with Crippen molar-refractivity contribution in [1.82, 2.24) is 0 Å². The van der Waals surface area contributed by atoms with Crippen molar-refractivity contribution in [2.45, 2.75) is 44.9 Å². The van der Waals surface area contributed by atoms with E-state index < -0.39 is 23.4 Å². The van der Waals surface area contributed by atoms with Crippen molar-refractivity contribution in [3.63, 3.8) is 0 Å². The summed E-state index contributed by atoms with van der Waals surface area (Å²) < 4.78 is 48.7. The van der Waals surface area contributed by atoms with Crippen LogP contribution in [0.5, 0.6) is 5.75 Å². The Morgan fingerprint density at radius 3 is 2.26 bits per heavy atom. The number of esters is 1. The van der Waals surface area contributed by atoms with Gasteiger partial charge in [-0.25, -0.2) is 18.0 Å². The second kappa shape index (κ2) is 8.96. The van der Waals surface area contributed by atoms with E-state index in [1.165, 1.54) is 24.3 Å². The number of benzene rings is 3. The first-order chi connectivity index (χ1) is 14.9. The molecule has 1 saturated carbocycles. The smallest absolute Gasteiger partial charge is 0.346 e. The van der Waals surface area contributed by atoms with Crippen LogP contribution >= 0.6 is 0 Å². The van der Waals surface area contributed by atoms with Crippen molar-refractivity contribution in [2.75, 3.05) is 0 Å². The number of hydrogen-bond acceptors (Lipinski definition) is 2. The van der Waals surface area contributed by atoms with Crippen molar-refractivity contribution >= 4 is 5.97 Å². The van der Waals surface area contributed by atoms with Crippen LogP contribution in [0.3, 0.4) is 0 Å². The first-order valence-electron chi connectivity index (χ1n) is 10.5. The van der Waals surface area contributed by atoms with Crippen LogP contribution in [-0.4, -0.2) is 5.97 Å². The molecule has 31 heavy (non-hydrogen) atoms. The van der Waals surface area contributed by atoms with Crippen molar-refractivity contribution in [1.29, 1.82) is 0 Å². The van der Waals surface area contributed by atoms with Gasteiger partial charge in [-0.05, 0) is 66.6 Å². The fraction of sp³-hybridized carbons (Fsp3) is 0.269. The number of rotatable bonds is 4. The third-order valence-corrected chi connectivity index (χ3v) is 5.88. The molecule has 0 radical (unpaired) electrons. The monoisotopic (exact) mass is 424 g/mol. The molecule has 0 amide bonds. The van der Waals surface area contributed by atoms with E-state index in [2.05, 4.69) is 0 Å². The van der Waals surface area contributed by atoms with Crippen LogP contribution in [-0.2, 0) is 0 Å². The molecule has 0 N–H and O–H groups in total. The molecule has 0 spiro atoms. The van der Waals surface area contributed by atoms with Gasteiger partial charge < -0.3 is 4.74 Å². The van der Waals surface area contributed by atoms with E-state index in [9.17, 15) is 18.0 Å². The third kappa shape index (κ3) is 4.50. The van der Waals surface area contributed by atoms with Crippen LogP contribution in [0.25, 0.3) is 11.1 Å². The van der Waals surface area contributed by atoms with Crippen LogP contribution < -0.4 is 4.74 Å². The molecule has 3 aromatic carbocycles. The normalized spacial score (nSPS) is 14.5. The van der Waals surface area contributed by atoms with Crippen LogP contribution in [0.2, 0.25) is 0 Å². The Balaban J connectivity index is 1.52. The number of hydrogen-bond donors (Lipinski definition) is 0. The summed E-state index contributed by atoms with van der Waals surface area (Å²) in [6, 6.07) is 13.6. The average molecular weight is 424 g/mol. The summed E-state index contributed by atoms with van der Waals surface area (Å²) in [5, 5.41) is 0. The van der Waals surface area contributed by atoms with Crippen LogP contribution in [0.15, 0.2) is 54.6 Å². The van der Waals surface area contributed by atoms with Gasteiger partial charge in [-0.15, -0.1) is 0 Å². The van der Waals surface area contributed by atoms with Crippen LogP contribution in [0.1, 0.15) is 59.5 Å². The second-order valence-electron chi connectivity index (χ2n) is 8.06. The first-order valence-corrected chi connectivity index (χ1v) is 10.5. The fourth-order valence-corrected chi connectivity index (χ4v) is 4.17. The zero-order chi connectivity index (χ0) is 22.0. The van der Waals surface area contributed by atoms with Gasteiger partial charge in [0, 0.05) is 5.56 Å². The largest absolute Gasteiger partial charge is 0.423 e. The van der Waals surface area contributed by atoms with Crippen molar-refractivity contribution in [3.05, 3.63) is 88.7 Å². The predicted molar refractivity (Wildman–Crippen MR) is 114 cm³/mol. The molecule has 4 rings (SSSR count). The summed E-state index contributed by atoms with van der Waals surface area (Å²) >= 11 is 0. The number of ether oxygens (including phenoxy) is 1. The zero-order valence-electron chi connectivity index (χ0n) is 17.3. The lowest BCUT2D eigenvalue weighted by Crippen LogP contribution is -2.10. The molecule has 0 unspecified atom stereocenters. The van der Waals surface area contributed by atoms with Gasteiger partial charge in [0.15, 0.2) is 11.6 Å². The van der Waals surface area contributed by atoms with E-state index in [-0.39, 0.29) is 22.8 Å². The van der Waals surface area contributed by atoms with E-state index in [0.717, 1.165) is 32.1 Å². The molecule has 160 valence electrons. The number of carbonyl (C=O) groups excluding carboxylic acids is 1. The van der Waals surface area contributed by atoms with Gasteiger partial charge in [0.25, 0.3) is 0 Å². The highest BCUT2D eigenvalue weighted by molar-refractivity contribution is 5.91. The molecule has 5 heteroatoms. The number of halogens is 3. The van der Waals surface area contributed by atoms with Gasteiger partial charge in [-0.1, -0.05) is 49.6 Å². The summed E-state index contributed by atoms with van der Waals surface area (Å²) in [4.78, 5) is 12.2. The molecule has 3 aromatic rings. The highest BCUT2D eigenvalue weighted by atomic mass is 19.2.